The van der Waals surface area contributed by atoms with Crippen LogP contribution in [0.2, 0.25) is 0 Å². The van der Waals surface area contributed by atoms with Gasteiger partial charge in [-0.25, -0.2) is 9.37 Å². The van der Waals surface area contributed by atoms with E-state index in [1.54, 1.807) is 39.0 Å². The molecule has 7 nitrogen and oxygen atoms in total. The Labute approximate surface area is 241 Å². The number of methoxy groups -OCH3 is 1. The number of nitrogens with two attached hydrogens (primary N) is 1. The quantitative estimate of drug-likeness (QED) is 0.157. The van der Waals surface area contributed by atoms with Gasteiger partial charge in [-0.1, -0.05) is 6.08 Å². The number of alkyl halides is 3. The van der Waals surface area contributed by atoms with Gasteiger partial charge in [-0.05, 0) is 99.3 Å². The van der Waals surface area contributed by atoms with Crippen molar-refractivity contribution in [3.63, 3.8) is 0 Å². The maximum Gasteiger partial charge on any atom is 0.424 e. The number of aliphatic imine (C=N–C) groups is 1. The van der Waals surface area contributed by atoms with Gasteiger partial charge in [0.2, 0.25) is 5.60 Å². The van der Waals surface area contributed by atoms with E-state index < -0.39 is 41.3 Å². The number of aromatic nitrogens is 1. The lowest BCUT2D eigenvalue weighted by Gasteiger charge is -2.32. The van der Waals surface area contributed by atoms with Gasteiger partial charge in [0.25, 0.3) is 5.91 Å². The maximum atomic E-state index is 14.5. The molecule has 1 aromatic heterocycles. The summed E-state index contributed by atoms with van der Waals surface area (Å²) in [7, 11) is 1.39. The number of hydrogen-bond acceptors (Lipinski definition) is 6. The average Bonchev–Trinajstić information content (AvgIpc) is 2.95. The Morgan fingerprint density at radius 3 is 2.36 bits per heavy atom. The van der Waals surface area contributed by atoms with Gasteiger partial charge in [0.05, 0.1) is 25.0 Å². The van der Waals surface area contributed by atoms with Crippen molar-refractivity contribution in [2.45, 2.75) is 38.1 Å². The highest BCUT2D eigenvalue weighted by atomic mass is 19.4. The number of ether oxygens (including phenoxy) is 1. The van der Waals surface area contributed by atoms with Gasteiger partial charge >= 0.3 is 6.18 Å². The van der Waals surface area contributed by atoms with Crippen LogP contribution in [-0.2, 0) is 11.1 Å². The van der Waals surface area contributed by atoms with Crippen molar-refractivity contribution in [1.82, 2.24) is 10.3 Å². The Balaban J connectivity index is 2.02. The fourth-order valence-electron chi connectivity index (χ4n) is 4.07. The molecule has 42 heavy (non-hydrogen) atoms. The number of carbonyl (C=O) groups excluding carboxylic acids is 1. The zero-order valence-electron chi connectivity index (χ0n) is 23.6. The third-order valence-electron chi connectivity index (χ3n) is 6.55. The van der Waals surface area contributed by atoms with Crippen LogP contribution in [0, 0.1) is 5.82 Å². The molecule has 0 fully saturated rings. The molecule has 3 aromatic rings. The minimum atomic E-state index is -5.25. The van der Waals surface area contributed by atoms with E-state index in [4.69, 9.17) is 10.5 Å². The van der Waals surface area contributed by atoms with Crippen LogP contribution in [0.1, 0.15) is 48.0 Å². The molecule has 0 saturated heterocycles. The predicted molar refractivity (Wildman–Crippen MR) is 154 cm³/mol. The van der Waals surface area contributed by atoms with Crippen molar-refractivity contribution < 1.29 is 32.2 Å². The summed E-state index contributed by atoms with van der Waals surface area (Å²) in [6.07, 6.45) is -0.313. The molecular formula is C31H32F4N4O3. The van der Waals surface area contributed by atoms with E-state index in [-0.39, 0.29) is 16.8 Å². The molecule has 1 unspecified atom stereocenters. The average molecular weight is 585 g/mol. The van der Waals surface area contributed by atoms with E-state index in [1.807, 2.05) is 0 Å². The van der Waals surface area contributed by atoms with E-state index in [1.165, 1.54) is 43.6 Å². The molecule has 222 valence electrons. The highest BCUT2D eigenvalue weighted by molar-refractivity contribution is 5.95. The summed E-state index contributed by atoms with van der Waals surface area (Å²) in [5.74, 6) is -1.14. The van der Waals surface area contributed by atoms with Crippen molar-refractivity contribution in [3.8, 4) is 17.0 Å². The lowest BCUT2D eigenvalue weighted by Crippen LogP contribution is -2.51. The van der Waals surface area contributed by atoms with E-state index >= 15 is 0 Å². The molecular weight excluding hydrogens is 552 g/mol. The van der Waals surface area contributed by atoms with Crippen molar-refractivity contribution in [1.29, 1.82) is 0 Å². The smallest absolute Gasteiger partial charge is 0.424 e. The summed E-state index contributed by atoms with van der Waals surface area (Å²) < 4.78 is 62.4. The van der Waals surface area contributed by atoms with Gasteiger partial charge in [0, 0.05) is 28.4 Å². The van der Waals surface area contributed by atoms with Crippen LogP contribution in [0.3, 0.4) is 0 Å². The minimum Gasteiger partial charge on any atom is -0.496 e. The highest BCUT2D eigenvalue weighted by Crippen LogP contribution is 2.40. The third-order valence-corrected chi connectivity index (χ3v) is 6.55. The number of pyridine rings is 1. The van der Waals surface area contributed by atoms with Crippen molar-refractivity contribution in [2.24, 2.45) is 10.7 Å². The molecule has 1 atom stereocenters. The zero-order chi connectivity index (χ0) is 31.3. The first-order valence-electron chi connectivity index (χ1n) is 12.8. The normalized spacial score (nSPS) is 14.0. The molecule has 1 amide bonds. The third kappa shape index (κ3) is 7.10. The Kier molecular flexibility index (Phi) is 9.70. The lowest BCUT2D eigenvalue weighted by molar-refractivity contribution is -0.265. The number of halogens is 4. The molecule has 11 heteroatoms. The molecule has 0 aliphatic carbocycles. The van der Waals surface area contributed by atoms with E-state index in [2.05, 4.69) is 22.0 Å². The summed E-state index contributed by atoms with van der Waals surface area (Å²) >= 11 is 0. The number of nitrogens with one attached hydrogen (secondary N) is 1. The Morgan fingerprint density at radius 1 is 1.14 bits per heavy atom. The summed E-state index contributed by atoms with van der Waals surface area (Å²) in [5, 5.41) is 13.3. The highest BCUT2D eigenvalue weighted by Gasteiger charge is 2.56. The minimum absolute atomic E-state index is 0.00166. The number of allylic oxidation sites excluding steroid dienone is 3. The van der Waals surface area contributed by atoms with Gasteiger partial charge in [-0.3, -0.25) is 9.79 Å². The molecule has 0 saturated carbocycles. The molecule has 0 aliphatic heterocycles. The fraction of sp³-hybridized carbons (Fsp3) is 0.258. The van der Waals surface area contributed by atoms with Gasteiger partial charge < -0.3 is 20.9 Å². The van der Waals surface area contributed by atoms with Crippen LogP contribution in [0.5, 0.6) is 5.75 Å². The topological polar surface area (TPSA) is 110 Å². The van der Waals surface area contributed by atoms with Crippen LogP contribution < -0.4 is 15.8 Å². The second kappa shape index (κ2) is 12.7. The van der Waals surface area contributed by atoms with Crippen LogP contribution >= 0.6 is 0 Å². The van der Waals surface area contributed by atoms with E-state index in [9.17, 15) is 27.5 Å². The van der Waals surface area contributed by atoms with Gasteiger partial charge in [0.15, 0.2) is 0 Å². The fourth-order valence-corrected chi connectivity index (χ4v) is 4.07. The van der Waals surface area contributed by atoms with Gasteiger partial charge in [-0.15, -0.1) is 0 Å². The molecule has 0 bridgehead atoms. The van der Waals surface area contributed by atoms with Gasteiger partial charge in [-0.2, -0.15) is 13.2 Å². The molecule has 2 aromatic carbocycles. The maximum absolute atomic E-state index is 14.5. The number of carbonyl (C=O) groups is 1. The summed E-state index contributed by atoms with van der Waals surface area (Å²) in [5.41, 5.74) is 2.61. The number of nitrogens with zero attached hydrogens (tertiary/aromatic N) is 2. The van der Waals surface area contributed by atoms with Crippen LogP contribution in [0.4, 0.5) is 17.6 Å². The van der Waals surface area contributed by atoms with Crippen molar-refractivity contribution in [3.05, 3.63) is 101 Å². The van der Waals surface area contributed by atoms with Crippen LogP contribution in [0.25, 0.3) is 16.8 Å². The molecule has 0 aliphatic rings. The number of hydrogen-bond donors (Lipinski definition) is 3. The number of benzene rings is 2. The molecule has 4 N–H and O–H groups in total. The summed E-state index contributed by atoms with van der Waals surface area (Å²) in [6.45, 7) is 7.08. The molecule has 0 radical (unpaired) electrons. The van der Waals surface area contributed by atoms with Crippen LogP contribution in [-0.4, -0.2) is 42.5 Å². The Morgan fingerprint density at radius 2 is 1.81 bits per heavy atom. The van der Waals surface area contributed by atoms with E-state index in [0.29, 0.717) is 22.4 Å². The van der Waals surface area contributed by atoms with Crippen molar-refractivity contribution >= 4 is 18.2 Å². The first-order valence-corrected chi connectivity index (χ1v) is 12.8. The van der Waals surface area contributed by atoms with Crippen LogP contribution in [0.15, 0.2) is 77.9 Å². The summed E-state index contributed by atoms with van der Waals surface area (Å²) in [6, 6.07) is 11.9. The SMILES string of the molecule is C=N/C=C\C(=C/C)c1ccc(C(=O)NCC(O)(c2cc(C(C)(C)N)cc(-c3ccc(F)cc3)n2)C(F)(F)F)cc1OC. The Bertz CT molecular complexity index is 1510. The Hall–Kier alpha value is -4.35. The second-order valence-electron chi connectivity index (χ2n) is 10.1. The summed E-state index contributed by atoms with van der Waals surface area (Å²) in [4.78, 5) is 20.8. The largest absolute Gasteiger partial charge is 0.496 e. The monoisotopic (exact) mass is 584 g/mol. The molecule has 3 rings (SSSR count). The lowest BCUT2D eigenvalue weighted by atomic mass is 9.89. The molecule has 0 spiro atoms. The standard InChI is InChI=1S/C31H32F4N4O3/c1-6-19(13-14-37-4)24-12-9-21(15-26(24)42-5)28(40)38-18-30(41,31(33,34)35)27-17-22(29(2,3)36)16-25(39-27)20-7-10-23(32)11-8-20/h6-17,41H,4,18,36H2,1-3,5H3,(H,38,40)/b14-13-,19-6+. The number of rotatable bonds is 10. The van der Waals surface area contributed by atoms with Gasteiger partial charge in [0.1, 0.15) is 11.6 Å². The first kappa shape index (κ1) is 32.2. The number of amides is 1. The van der Waals surface area contributed by atoms with Crippen molar-refractivity contribution in [2.75, 3.05) is 13.7 Å². The first-order chi connectivity index (χ1) is 19.6. The predicted octanol–water partition coefficient (Wildman–Crippen LogP) is 5.89. The van der Waals surface area contributed by atoms with E-state index in [0.717, 1.165) is 18.2 Å². The second-order valence-corrected chi connectivity index (χ2v) is 10.1. The number of aliphatic hydroxyl groups is 1. The molecule has 1 heterocycles. The zero-order valence-corrected chi connectivity index (χ0v) is 23.6.